The van der Waals surface area contributed by atoms with Crippen LogP contribution in [0.2, 0.25) is 0 Å². The molecule has 0 aromatic heterocycles. The molecular formula is C4H7BO5. The third-order valence-corrected chi connectivity index (χ3v) is 1.42. The normalized spacial score (nSPS) is 20.2. The molecule has 3 N–H and O–H groups in total. The fourth-order valence-electron chi connectivity index (χ4n) is 0.697. The maximum atomic E-state index is 10.3. The van der Waals surface area contributed by atoms with Gasteiger partial charge in [-0.2, -0.15) is 0 Å². The van der Waals surface area contributed by atoms with E-state index in [0.29, 0.717) is 12.8 Å². The molecule has 0 heterocycles. The second kappa shape index (κ2) is 2.23. The summed E-state index contributed by atoms with van der Waals surface area (Å²) in [5.74, 6) is -1.14. The molecule has 0 radical (unpaired) electrons. The molecule has 0 amide bonds. The van der Waals surface area contributed by atoms with Gasteiger partial charge in [0, 0.05) is 0 Å². The predicted octanol–water partition coefficient (Wildman–Crippen LogP) is -1.41. The summed E-state index contributed by atoms with van der Waals surface area (Å²) >= 11 is 0. The summed E-state index contributed by atoms with van der Waals surface area (Å²) in [6.45, 7) is 0. The topological polar surface area (TPSA) is 87.0 Å². The predicted molar refractivity (Wildman–Crippen MR) is 30.9 cm³/mol. The summed E-state index contributed by atoms with van der Waals surface area (Å²) in [5, 5.41) is 24.9. The lowest BCUT2D eigenvalue weighted by Gasteiger charge is -2.09. The Balaban J connectivity index is 2.45. The zero-order valence-corrected chi connectivity index (χ0v) is 5.15. The minimum atomic E-state index is -1.99. The molecule has 5 nitrogen and oxygen atoms in total. The Bertz CT molecular complexity index is 152. The third-order valence-electron chi connectivity index (χ3n) is 1.42. The van der Waals surface area contributed by atoms with Crippen LogP contribution < -0.4 is 0 Å². The highest BCUT2D eigenvalue weighted by Gasteiger charge is 2.53. The molecular weight excluding hydrogens is 139 g/mol. The highest BCUT2D eigenvalue weighted by atomic mass is 16.6. The van der Waals surface area contributed by atoms with Crippen molar-refractivity contribution >= 4 is 13.3 Å². The van der Waals surface area contributed by atoms with Crippen LogP contribution >= 0.6 is 0 Å². The average molecular weight is 146 g/mol. The minimum Gasteiger partial charge on any atom is -0.479 e. The van der Waals surface area contributed by atoms with E-state index < -0.39 is 18.9 Å². The molecule has 0 spiro atoms. The van der Waals surface area contributed by atoms with E-state index in [4.69, 9.17) is 15.2 Å². The molecule has 0 aromatic carbocycles. The molecule has 1 aliphatic carbocycles. The second-order valence-corrected chi connectivity index (χ2v) is 2.24. The van der Waals surface area contributed by atoms with Crippen LogP contribution in [0.3, 0.4) is 0 Å². The van der Waals surface area contributed by atoms with Crippen LogP contribution in [0, 0.1) is 0 Å². The summed E-state index contributed by atoms with van der Waals surface area (Å²) in [5.41, 5.74) is -1.31. The van der Waals surface area contributed by atoms with Gasteiger partial charge in [0.2, 0.25) is 0 Å². The lowest BCUT2D eigenvalue weighted by molar-refractivity contribution is -0.149. The molecule has 1 fully saturated rings. The summed E-state index contributed by atoms with van der Waals surface area (Å²) in [7, 11) is -1.99. The van der Waals surface area contributed by atoms with E-state index in [9.17, 15) is 4.79 Å². The van der Waals surface area contributed by atoms with Crippen LogP contribution in [0.25, 0.3) is 0 Å². The molecule has 6 heteroatoms. The van der Waals surface area contributed by atoms with E-state index in [2.05, 4.69) is 4.65 Å². The van der Waals surface area contributed by atoms with E-state index >= 15 is 0 Å². The average Bonchev–Trinajstić information content (AvgIpc) is 2.46. The summed E-state index contributed by atoms with van der Waals surface area (Å²) in [4.78, 5) is 10.3. The molecule has 0 atom stereocenters. The van der Waals surface area contributed by atoms with Crippen LogP contribution in [0.5, 0.6) is 0 Å². The smallest absolute Gasteiger partial charge is 0.479 e. The molecule has 1 aliphatic rings. The van der Waals surface area contributed by atoms with Crippen molar-refractivity contribution in [1.29, 1.82) is 0 Å². The van der Waals surface area contributed by atoms with Gasteiger partial charge in [-0.15, -0.1) is 0 Å². The van der Waals surface area contributed by atoms with Gasteiger partial charge in [-0.1, -0.05) is 0 Å². The fraction of sp³-hybridized carbons (Fsp3) is 0.750. The van der Waals surface area contributed by atoms with Gasteiger partial charge in [-0.3, -0.25) is 0 Å². The van der Waals surface area contributed by atoms with Gasteiger partial charge < -0.3 is 19.8 Å². The Hall–Kier alpha value is -0.585. The Morgan fingerprint density at radius 1 is 1.50 bits per heavy atom. The molecule has 1 rings (SSSR count). The first kappa shape index (κ1) is 7.52. The molecule has 56 valence electrons. The Morgan fingerprint density at radius 3 is 2.10 bits per heavy atom. The third kappa shape index (κ3) is 1.28. The van der Waals surface area contributed by atoms with Gasteiger partial charge in [-0.25, -0.2) is 4.79 Å². The second-order valence-electron chi connectivity index (χ2n) is 2.24. The van der Waals surface area contributed by atoms with E-state index in [-0.39, 0.29) is 0 Å². The maximum Gasteiger partial charge on any atom is 0.634 e. The molecule has 0 bridgehead atoms. The monoisotopic (exact) mass is 146 g/mol. The maximum absolute atomic E-state index is 10.3. The molecule has 0 saturated heterocycles. The van der Waals surface area contributed by atoms with Crippen LogP contribution in [-0.2, 0) is 9.45 Å². The van der Waals surface area contributed by atoms with Crippen molar-refractivity contribution in [2.45, 2.75) is 18.4 Å². The molecule has 1 saturated carbocycles. The van der Waals surface area contributed by atoms with E-state index in [1.165, 1.54) is 0 Å². The van der Waals surface area contributed by atoms with Crippen LogP contribution in [0.1, 0.15) is 12.8 Å². The number of carbonyl (C=O) groups is 1. The number of hydrogen-bond donors (Lipinski definition) is 3. The molecule has 0 unspecified atom stereocenters. The van der Waals surface area contributed by atoms with Crippen molar-refractivity contribution in [1.82, 2.24) is 0 Å². The van der Waals surface area contributed by atoms with Crippen LogP contribution in [0.4, 0.5) is 0 Å². The first-order chi connectivity index (χ1) is 4.57. The van der Waals surface area contributed by atoms with Crippen LogP contribution in [0.15, 0.2) is 0 Å². The number of carboxylic acid groups (broad SMARTS) is 1. The highest BCUT2D eigenvalue weighted by molar-refractivity contribution is 6.33. The lowest BCUT2D eigenvalue weighted by atomic mass is 10.2. The zero-order valence-electron chi connectivity index (χ0n) is 5.15. The summed E-state index contributed by atoms with van der Waals surface area (Å²) in [6, 6.07) is 0. The number of carboxylic acids is 1. The molecule has 0 aliphatic heterocycles. The fourth-order valence-corrected chi connectivity index (χ4v) is 0.697. The van der Waals surface area contributed by atoms with Crippen molar-refractivity contribution < 1.29 is 24.6 Å². The van der Waals surface area contributed by atoms with Crippen molar-refractivity contribution in [3.05, 3.63) is 0 Å². The summed E-state index contributed by atoms with van der Waals surface area (Å²) in [6.07, 6.45) is 0.694. The zero-order chi connectivity index (χ0) is 7.78. The number of hydrogen-bond acceptors (Lipinski definition) is 4. The van der Waals surface area contributed by atoms with Gasteiger partial charge in [0.05, 0.1) is 0 Å². The SMILES string of the molecule is O=C(O)C1(OB(O)O)CC1. The molecule has 10 heavy (non-hydrogen) atoms. The van der Waals surface area contributed by atoms with Crippen molar-refractivity contribution in [3.63, 3.8) is 0 Å². The lowest BCUT2D eigenvalue weighted by Crippen LogP contribution is -2.33. The van der Waals surface area contributed by atoms with Gasteiger partial charge in [-0.05, 0) is 12.8 Å². The van der Waals surface area contributed by atoms with Gasteiger partial charge >= 0.3 is 13.3 Å². The van der Waals surface area contributed by atoms with E-state index in [1.807, 2.05) is 0 Å². The van der Waals surface area contributed by atoms with Gasteiger partial charge in [0.15, 0.2) is 5.60 Å². The van der Waals surface area contributed by atoms with Crippen molar-refractivity contribution in [2.24, 2.45) is 0 Å². The largest absolute Gasteiger partial charge is 0.634 e. The van der Waals surface area contributed by atoms with Gasteiger partial charge in [0.1, 0.15) is 0 Å². The van der Waals surface area contributed by atoms with Crippen molar-refractivity contribution in [3.8, 4) is 0 Å². The van der Waals surface area contributed by atoms with E-state index in [0.717, 1.165) is 0 Å². The van der Waals surface area contributed by atoms with Gasteiger partial charge in [0.25, 0.3) is 0 Å². The number of aliphatic carboxylic acids is 1. The minimum absolute atomic E-state index is 0.347. The molecule has 0 aromatic rings. The Kier molecular flexibility index (Phi) is 1.67. The highest BCUT2D eigenvalue weighted by Crippen LogP contribution is 2.39. The van der Waals surface area contributed by atoms with Crippen LogP contribution in [-0.4, -0.2) is 34.0 Å². The summed E-state index contributed by atoms with van der Waals surface area (Å²) < 4.78 is 4.32. The Labute approximate surface area is 57.4 Å². The number of rotatable bonds is 3. The van der Waals surface area contributed by atoms with Crippen molar-refractivity contribution in [2.75, 3.05) is 0 Å². The first-order valence-corrected chi connectivity index (χ1v) is 2.84. The quantitative estimate of drug-likeness (QED) is 0.425. The first-order valence-electron chi connectivity index (χ1n) is 2.84. The standard InChI is InChI=1S/C4H7BO5/c6-3(7)4(1-2-4)10-5(8)9/h8-9H,1-2H2,(H,6,7). The van der Waals surface area contributed by atoms with E-state index in [1.54, 1.807) is 0 Å². The Morgan fingerprint density at radius 2 is 2.00 bits per heavy atom.